The van der Waals surface area contributed by atoms with E-state index >= 15 is 0 Å². The molecule has 1 unspecified atom stereocenters. The molecule has 1 aliphatic heterocycles. The minimum Gasteiger partial charge on any atom is -0.481 e. The van der Waals surface area contributed by atoms with Crippen molar-refractivity contribution in [2.75, 3.05) is 20.8 Å². The van der Waals surface area contributed by atoms with Crippen LogP contribution in [0.2, 0.25) is 0 Å². The van der Waals surface area contributed by atoms with Crippen LogP contribution in [0.3, 0.4) is 0 Å². The molecule has 2 aromatic rings. The van der Waals surface area contributed by atoms with Crippen molar-refractivity contribution in [1.29, 1.82) is 0 Å². The molecule has 130 valence electrons. The molecule has 1 amide bonds. The summed E-state index contributed by atoms with van der Waals surface area (Å²) in [4.78, 5) is 34.0. The van der Waals surface area contributed by atoms with Crippen molar-refractivity contribution >= 4 is 11.9 Å². The first kappa shape index (κ1) is 16.7. The van der Waals surface area contributed by atoms with Gasteiger partial charge in [0.05, 0.1) is 20.1 Å². The Bertz CT molecular complexity index is 801. The van der Waals surface area contributed by atoms with Crippen LogP contribution in [-0.2, 0) is 11.3 Å². The number of rotatable bonds is 4. The lowest BCUT2D eigenvalue weighted by molar-refractivity contribution is -0.139. The number of fused-ring (bicyclic) bond motifs is 1. The van der Waals surface area contributed by atoms with Crippen LogP contribution in [0.5, 0.6) is 11.8 Å². The van der Waals surface area contributed by atoms with E-state index in [4.69, 9.17) is 9.47 Å². The number of carboxylic acids is 1. The van der Waals surface area contributed by atoms with Crippen LogP contribution >= 0.6 is 0 Å². The lowest BCUT2D eigenvalue weighted by Gasteiger charge is -2.33. The standard InChI is InChI=1S/C17H17N3O5/c1-24-14-13(15(25-2)19-9-18-14)16(21)20-7-10-5-3-4-6-11(10)12(8-20)17(22)23/h3-6,9,12H,7-8H2,1-2H3,(H,22,23). The molecule has 1 aliphatic rings. The molecule has 0 saturated carbocycles. The van der Waals surface area contributed by atoms with Crippen molar-refractivity contribution in [3.63, 3.8) is 0 Å². The molecule has 0 saturated heterocycles. The van der Waals surface area contributed by atoms with E-state index in [9.17, 15) is 14.7 Å². The van der Waals surface area contributed by atoms with Crippen LogP contribution in [0, 0.1) is 0 Å². The van der Waals surface area contributed by atoms with Crippen LogP contribution in [0.1, 0.15) is 27.4 Å². The minimum atomic E-state index is -0.979. The summed E-state index contributed by atoms with van der Waals surface area (Å²) in [5.41, 5.74) is 1.60. The fourth-order valence-electron chi connectivity index (χ4n) is 2.98. The maximum Gasteiger partial charge on any atom is 0.312 e. The zero-order valence-electron chi connectivity index (χ0n) is 13.8. The smallest absolute Gasteiger partial charge is 0.312 e. The normalized spacial score (nSPS) is 16.1. The number of amides is 1. The molecule has 1 N–H and O–H groups in total. The summed E-state index contributed by atoms with van der Waals surface area (Å²) >= 11 is 0. The molecule has 1 aromatic heterocycles. The van der Waals surface area contributed by atoms with Gasteiger partial charge in [-0.05, 0) is 11.1 Å². The number of nitrogens with zero attached hydrogens (tertiary/aromatic N) is 3. The molecule has 8 heteroatoms. The Hall–Kier alpha value is -3.16. The van der Waals surface area contributed by atoms with Crippen molar-refractivity contribution in [3.05, 3.63) is 47.3 Å². The first-order valence-corrected chi connectivity index (χ1v) is 7.59. The molecule has 3 rings (SSSR count). The van der Waals surface area contributed by atoms with E-state index < -0.39 is 17.8 Å². The van der Waals surface area contributed by atoms with Crippen molar-refractivity contribution in [3.8, 4) is 11.8 Å². The lowest BCUT2D eigenvalue weighted by atomic mass is 9.89. The number of aliphatic carboxylic acids is 1. The van der Waals surface area contributed by atoms with E-state index in [0.717, 1.165) is 11.1 Å². The van der Waals surface area contributed by atoms with Crippen LogP contribution in [0.15, 0.2) is 30.6 Å². The summed E-state index contributed by atoms with van der Waals surface area (Å²) in [6.07, 6.45) is 1.24. The number of ether oxygens (including phenoxy) is 2. The summed E-state index contributed by atoms with van der Waals surface area (Å²) < 4.78 is 10.3. The fourth-order valence-corrected chi connectivity index (χ4v) is 2.98. The Morgan fingerprint density at radius 3 is 2.40 bits per heavy atom. The van der Waals surface area contributed by atoms with Gasteiger partial charge in [-0.25, -0.2) is 9.97 Å². The zero-order valence-corrected chi connectivity index (χ0v) is 13.8. The van der Waals surface area contributed by atoms with E-state index in [2.05, 4.69) is 9.97 Å². The second-order valence-corrected chi connectivity index (χ2v) is 5.54. The molecule has 0 aliphatic carbocycles. The topological polar surface area (TPSA) is 102 Å². The third kappa shape index (κ3) is 2.98. The van der Waals surface area contributed by atoms with Crippen molar-refractivity contribution in [2.24, 2.45) is 0 Å². The van der Waals surface area contributed by atoms with Gasteiger partial charge >= 0.3 is 5.97 Å². The first-order chi connectivity index (χ1) is 12.1. The third-order valence-electron chi connectivity index (χ3n) is 4.16. The second kappa shape index (κ2) is 6.76. The summed E-state index contributed by atoms with van der Waals surface area (Å²) in [5, 5.41) is 9.54. The molecular weight excluding hydrogens is 326 g/mol. The predicted molar refractivity (Wildman–Crippen MR) is 86.7 cm³/mol. The lowest BCUT2D eigenvalue weighted by Crippen LogP contribution is -2.41. The molecule has 0 spiro atoms. The maximum atomic E-state index is 13.0. The summed E-state index contributed by atoms with van der Waals surface area (Å²) in [5.74, 6) is -2.04. The minimum absolute atomic E-state index is 0.0480. The zero-order chi connectivity index (χ0) is 18.0. The average molecular weight is 343 g/mol. The van der Waals surface area contributed by atoms with Gasteiger partial charge < -0.3 is 19.5 Å². The number of aromatic nitrogens is 2. The molecular formula is C17H17N3O5. The molecule has 1 aromatic carbocycles. The highest BCUT2D eigenvalue weighted by Gasteiger charge is 2.35. The van der Waals surface area contributed by atoms with Gasteiger partial charge in [0.2, 0.25) is 11.8 Å². The van der Waals surface area contributed by atoms with Gasteiger partial charge in [-0.2, -0.15) is 0 Å². The molecule has 25 heavy (non-hydrogen) atoms. The van der Waals surface area contributed by atoms with Crippen LogP contribution in [-0.4, -0.2) is 52.6 Å². The third-order valence-corrected chi connectivity index (χ3v) is 4.16. The van der Waals surface area contributed by atoms with E-state index in [1.165, 1.54) is 25.4 Å². The number of benzene rings is 1. The van der Waals surface area contributed by atoms with Gasteiger partial charge in [0.25, 0.3) is 5.91 Å². The predicted octanol–water partition coefficient (Wildman–Crippen LogP) is 1.32. The Morgan fingerprint density at radius 1 is 1.16 bits per heavy atom. The van der Waals surface area contributed by atoms with Crippen molar-refractivity contribution in [2.45, 2.75) is 12.5 Å². The van der Waals surface area contributed by atoms with Gasteiger partial charge in [-0.15, -0.1) is 0 Å². The van der Waals surface area contributed by atoms with Crippen LogP contribution < -0.4 is 9.47 Å². The number of carbonyl (C=O) groups is 2. The average Bonchev–Trinajstić information content (AvgIpc) is 2.65. The van der Waals surface area contributed by atoms with Gasteiger partial charge in [-0.1, -0.05) is 24.3 Å². The second-order valence-electron chi connectivity index (χ2n) is 5.54. The number of methoxy groups -OCH3 is 2. The van der Waals surface area contributed by atoms with E-state index in [0.29, 0.717) is 6.54 Å². The molecule has 8 nitrogen and oxygen atoms in total. The monoisotopic (exact) mass is 343 g/mol. The Kier molecular flexibility index (Phi) is 4.51. The van der Waals surface area contributed by atoms with Crippen molar-refractivity contribution in [1.82, 2.24) is 14.9 Å². The summed E-state index contributed by atoms with van der Waals surface area (Å²) in [6, 6.07) is 7.21. The van der Waals surface area contributed by atoms with Gasteiger partial charge in [0.15, 0.2) is 5.56 Å². The highest BCUT2D eigenvalue weighted by Crippen LogP contribution is 2.32. The molecule has 2 heterocycles. The van der Waals surface area contributed by atoms with E-state index in [1.54, 1.807) is 12.1 Å². The Morgan fingerprint density at radius 2 is 1.80 bits per heavy atom. The number of hydrogen-bond donors (Lipinski definition) is 1. The number of carbonyl (C=O) groups excluding carboxylic acids is 1. The van der Waals surface area contributed by atoms with Gasteiger partial charge in [0.1, 0.15) is 6.33 Å². The molecule has 1 atom stereocenters. The summed E-state index contributed by atoms with van der Waals surface area (Å²) in [7, 11) is 2.79. The van der Waals surface area contributed by atoms with Gasteiger partial charge in [-0.3, -0.25) is 9.59 Å². The molecule has 0 bridgehead atoms. The van der Waals surface area contributed by atoms with Crippen molar-refractivity contribution < 1.29 is 24.2 Å². The number of carboxylic acid groups (broad SMARTS) is 1. The van der Waals surface area contributed by atoms with Gasteiger partial charge in [0, 0.05) is 13.1 Å². The maximum absolute atomic E-state index is 13.0. The molecule has 0 radical (unpaired) electrons. The Balaban J connectivity index is 2.01. The molecule has 0 fully saturated rings. The highest BCUT2D eigenvalue weighted by molar-refractivity contribution is 5.99. The fraction of sp³-hybridized carbons (Fsp3) is 0.294. The number of hydrogen-bond acceptors (Lipinski definition) is 6. The van der Waals surface area contributed by atoms with Crippen LogP contribution in [0.4, 0.5) is 0 Å². The quantitative estimate of drug-likeness (QED) is 0.893. The largest absolute Gasteiger partial charge is 0.481 e. The van der Waals surface area contributed by atoms with E-state index in [1.807, 2.05) is 12.1 Å². The first-order valence-electron chi connectivity index (χ1n) is 7.59. The highest BCUT2D eigenvalue weighted by atomic mass is 16.5. The Labute approximate surface area is 144 Å². The van der Waals surface area contributed by atoms with E-state index in [-0.39, 0.29) is 23.9 Å². The van der Waals surface area contributed by atoms with Crippen LogP contribution in [0.25, 0.3) is 0 Å². The SMILES string of the molecule is COc1ncnc(OC)c1C(=O)N1Cc2ccccc2C(C(=O)O)C1. The summed E-state index contributed by atoms with van der Waals surface area (Å²) in [6.45, 7) is 0.340.